The lowest BCUT2D eigenvalue weighted by atomic mass is 9.99. The summed E-state index contributed by atoms with van der Waals surface area (Å²) in [6.07, 6.45) is 17.5. The van der Waals surface area contributed by atoms with E-state index in [0.29, 0.717) is 0 Å². The van der Waals surface area contributed by atoms with Gasteiger partial charge in [-0.15, -0.1) is 22.2 Å². The van der Waals surface area contributed by atoms with Gasteiger partial charge in [-0.05, 0) is 90.7 Å². The molecule has 0 amide bonds. The summed E-state index contributed by atoms with van der Waals surface area (Å²) < 4.78 is 0. The van der Waals surface area contributed by atoms with Crippen LogP contribution in [0.25, 0.3) is 0 Å². The molecule has 6 bridgehead atoms. The van der Waals surface area contributed by atoms with Crippen LogP contribution in [0.5, 0.6) is 0 Å². The summed E-state index contributed by atoms with van der Waals surface area (Å²) in [6, 6.07) is 0. The lowest BCUT2D eigenvalue weighted by Crippen LogP contribution is -2.38. The number of fused-ring (bicyclic) bond motifs is 6. The molecule has 28 heavy (non-hydrogen) atoms. The molecule has 0 spiro atoms. The average molecular weight is 478 g/mol. The van der Waals surface area contributed by atoms with Crippen LogP contribution in [0, 0.1) is 35.5 Å². The van der Waals surface area contributed by atoms with Crippen molar-refractivity contribution in [3.8, 4) is 0 Å². The van der Waals surface area contributed by atoms with Crippen LogP contribution in [0.15, 0.2) is 0 Å². The maximum atomic E-state index is 7.04. The SMILES string of the molecule is C[Si](C)(Cl)C1CC2CCC1C2.Cl[Si](Cl)(C1CC2CCC1C2)C1CC2CCC1C2. The summed E-state index contributed by atoms with van der Waals surface area (Å²) in [4.78, 5) is 0. The van der Waals surface area contributed by atoms with Gasteiger partial charge in [-0.3, -0.25) is 0 Å². The molecule has 5 heteroatoms. The lowest BCUT2D eigenvalue weighted by Gasteiger charge is -2.38. The third kappa shape index (κ3) is 3.82. The van der Waals surface area contributed by atoms with Gasteiger partial charge in [0.05, 0.1) is 0 Å². The summed E-state index contributed by atoms with van der Waals surface area (Å²) in [7, 11) is -1.31. The normalized spacial score (nSPS) is 49.0. The molecule has 0 aromatic heterocycles. The average Bonchev–Trinajstić information content (AvgIpc) is 3.48. The van der Waals surface area contributed by atoms with E-state index in [2.05, 4.69) is 13.1 Å². The van der Waals surface area contributed by atoms with Crippen molar-refractivity contribution in [1.82, 2.24) is 0 Å². The molecular weight excluding hydrogens is 439 g/mol. The van der Waals surface area contributed by atoms with Crippen molar-refractivity contribution in [2.24, 2.45) is 35.5 Å². The highest BCUT2D eigenvalue weighted by molar-refractivity contribution is 7.46. The number of halogens is 3. The summed E-state index contributed by atoms with van der Waals surface area (Å²) in [5, 5.41) is 0. The minimum absolute atomic E-state index is 0.758. The van der Waals surface area contributed by atoms with E-state index in [0.717, 1.165) is 52.1 Å². The van der Waals surface area contributed by atoms with Gasteiger partial charge >= 0.3 is 0 Å². The zero-order chi connectivity index (χ0) is 19.7. The fourth-order valence-corrected chi connectivity index (χ4v) is 18.8. The second kappa shape index (κ2) is 7.71. The Bertz CT molecular complexity index is 559. The molecule has 6 aliphatic carbocycles. The minimum Gasteiger partial charge on any atom is -0.167 e. The summed E-state index contributed by atoms with van der Waals surface area (Å²) >= 11 is 20.6. The van der Waals surface area contributed by atoms with Gasteiger partial charge < -0.3 is 0 Å². The topological polar surface area (TPSA) is 0 Å². The molecule has 0 aromatic carbocycles. The third-order valence-corrected chi connectivity index (χ3v) is 20.2. The Labute approximate surface area is 189 Å². The fraction of sp³-hybridized carbons (Fsp3) is 1.00. The Morgan fingerprint density at radius 3 is 1.07 bits per heavy atom. The Morgan fingerprint density at radius 2 is 0.857 bits per heavy atom. The second-order valence-corrected chi connectivity index (χ2v) is 26.0. The highest BCUT2D eigenvalue weighted by Gasteiger charge is 2.59. The van der Waals surface area contributed by atoms with Gasteiger partial charge in [-0.1, -0.05) is 51.6 Å². The molecule has 6 saturated carbocycles. The van der Waals surface area contributed by atoms with E-state index in [9.17, 15) is 0 Å². The van der Waals surface area contributed by atoms with Gasteiger partial charge in [0.15, 0.2) is 7.38 Å². The first kappa shape index (κ1) is 21.2. The molecule has 0 nitrogen and oxygen atoms in total. The van der Waals surface area contributed by atoms with E-state index in [1.165, 1.54) is 77.0 Å². The molecule has 0 heterocycles. The van der Waals surface area contributed by atoms with Crippen molar-refractivity contribution < 1.29 is 0 Å². The van der Waals surface area contributed by atoms with E-state index in [1.54, 1.807) is 0 Å². The number of hydrogen-bond acceptors (Lipinski definition) is 0. The van der Waals surface area contributed by atoms with Crippen LogP contribution in [0.4, 0.5) is 0 Å². The quantitative estimate of drug-likeness (QED) is 0.281. The van der Waals surface area contributed by atoms with Gasteiger partial charge in [0.1, 0.15) is 0 Å². The van der Waals surface area contributed by atoms with Crippen molar-refractivity contribution in [2.75, 3.05) is 0 Å². The van der Waals surface area contributed by atoms with Crippen LogP contribution in [0.2, 0.25) is 29.7 Å². The molecule has 6 fully saturated rings. The second-order valence-electron chi connectivity index (χ2n) is 12.1. The van der Waals surface area contributed by atoms with Gasteiger partial charge in [-0.2, -0.15) is 11.1 Å². The van der Waals surface area contributed by atoms with Crippen LogP contribution >= 0.6 is 33.2 Å². The van der Waals surface area contributed by atoms with Crippen LogP contribution < -0.4 is 0 Å². The van der Waals surface area contributed by atoms with E-state index in [4.69, 9.17) is 33.2 Å². The highest BCUT2D eigenvalue weighted by atomic mass is 35.7. The first-order valence-electron chi connectivity index (χ1n) is 12.3. The monoisotopic (exact) mass is 476 g/mol. The molecule has 0 aromatic rings. The minimum atomic E-state index is -2.00. The molecule has 6 rings (SSSR count). The number of hydrogen-bond donors (Lipinski definition) is 0. The fourth-order valence-electron chi connectivity index (χ4n) is 8.79. The van der Waals surface area contributed by atoms with Crippen LogP contribution in [-0.2, 0) is 0 Å². The largest absolute Gasteiger partial charge is 0.257 e. The summed E-state index contributed by atoms with van der Waals surface area (Å²) in [5.41, 5.74) is 2.46. The van der Waals surface area contributed by atoms with Crippen molar-refractivity contribution >= 4 is 47.3 Å². The first-order valence-corrected chi connectivity index (χ1v) is 20.5. The number of rotatable bonds is 3. The molecule has 9 atom stereocenters. The summed E-state index contributed by atoms with van der Waals surface area (Å²) in [5.74, 6) is 5.91. The van der Waals surface area contributed by atoms with Gasteiger partial charge in [0.2, 0.25) is 0 Å². The summed E-state index contributed by atoms with van der Waals surface area (Å²) in [6.45, 7) is 2.64. The first-order chi connectivity index (χ1) is 13.2. The van der Waals surface area contributed by atoms with E-state index < -0.39 is 14.1 Å². The Morgan fingerprint density at radius 1 is 0.500 bits per heavy atom. The lowest BCUT2D eigenvalue weighted by molar-refractivity contribution is 0.440. The van der Waals surface area contributed by atoms with Crippen LogP contribution in [-0.4, -0.2) is 14.1 Å². The van der Waals surface area contributed by atoms with Crippen molar-refractivity contribution in [3.63, 3.8) is 0 Å². The van der Waals surface area contributed by atoms with Gasteiger partial charge in [0.25, 0.3) is 6.69 Å². The molecule has 6 aliphatic rings. The molecule has 0 N–H and O–H groups in total. The molecule has 9 unspecified atom stereocenters. The molecule has 0 saturated heterocycles. The predicted molar refractivity (Wildman–Crippen MR) is 128 cm³/mol. The maximum Gasteiger partial charge on any atom is 0.257 e. The Hall–Kier alpha value is 1.30. The smallest absolute Gasteiger partial charge is 0.167 e. The molecule has 0 radical (unpaired) electrons. The van der Waals surface area contributed by atoms with Crippen molar-refractivity contribution in [3.05, 3.63) is 0 Å². The van der Waals surface area contributed by atoms with Crippen molar-refractivity contribution in [1.29, 1.82) is 0 Å². The predicted octanol–water partition coefficient (Wildman–Crippen LogP) is 8.91. The van der Waals surface area contributed by atoms with E-state index >= 15 is 0 Å². The van der Waals surface area contributed by atoms with Gasteiger partial charge in [-0.25, -0.2) is 0 Å². The highest BCUT2D eigenvalue weighted by Crippen LogP contribution is 2.66. The van der Waals surface area contributed by atoms with E-state index in [-0.39, 0.29) is 0 Å². The standard InChI is InChI=1S/C14H22Cl2Si.C9H17ClSi/c15-17(16,13-7-9-1-3-11(13)5-9)14-8-10-2-4-12(14)6-10;1-11(2,10)9-6-7-3-4-8(9)5-7/h9-14H,1-8H2;7-9H,3-6H2,1-2H3. The third-order valence-electron chi connectivity index (χ3n) is 10.1. The molecule has 160 valence electrons. The van der Waals surface area contributed by atoms with Crippen molar-refractivity contribution in [2.45, 2.75) is 107 Å². The van der Waals surface area contributed by atoms with Gasteiger partial charge in [0, 0.05) is 0 Å². The van der Waals surface area contributed by atoms with E-state index in [1.807, 2.05) is 0 Å². The molecule has 0 aliphatic heterocycles. The maximum absolute atomic E-state index is 7.04. The Kier molecular flexibility index (Phi) is 5.83. The zero-order valence-corrected chi connectivity index (χ0v) is 22.1. The Balaban J connectivity index is 0.000000135. The van der Waals surface area contributed by atoms with Crippen LogP contribution in [0.1, 0.15) is 77.0 Å². The molecular formula is C23H39Cl3Si2. The zero-order valence-electron chi connectivity index (χ0n) is 17.8. The van der Waals surface area contributed by atoms with Crippen LogP contribution in [0.3, 0.4) is 0 Å².